The molecule has 0 bridgehead atoms. The van der Waals surface area contributed by atoms with Crippen molar-refractivity contribution in [2.75, 3.05) is 5.32 Å². The van der Waals surface area contributed by atoms with Crippen LogP contribution in [0.4, 0.5) is 5.69 Å². The van der Waals surface area contributed by atoms with E-state index in [1.165, 1.54) is 5.56 Å². The van der Waals surface area contributed by atoms with Crippen LogP contribution >= 0.6 is 0 Å². The molecule has 4 nitrogen and oxygen atoms in total. The molecule has 0 aliphatic rings. The van der Waals surface area contributed by atoms with Crippen molar-refractivity contribution in [3.05, 3.63) is 65.7 Å². The predicted molar refractivity (Wildman–Crippen MR) is 102 cm³/mol. The zero-order valence-corrected chi connectivity index (χ0v) is 14.6. The first-order valence-corrected chi connectivity index (χ1v) is 8.70. The van der Waals surface area contributed by atoms with Crippen molar-refractivity contribution in [3.8, 4) is 0 Å². The van der Waals surface area contributed by atoms with E-state index in [2.05, 4.69) is 24.4 Å². The molecule has 134 valence electrons. The largest absolute Gasteiger partial charge is 0.481 e. The van der Waals surface area contributed by atoms with Gasteiger partial charge in [-0.25, -0.2) is 0 Å². The van der Waals surface area contributed by atoms with Gasteiger partial charge in [0.25, 0.3) is 0 Å². The molecule has 0 saturated carbocycles. The van der Waals surface area contributed by atoms with E-state index in [-0.39, 0.29) is 13.8 Å². The minimum atomic E-state index is -0.770. The summed E-state index contributed by atoms with van der Waals surface area (Å²) in [5.41, 5.74) is 3.11. The number of rotatable bonds is 9. The van der Waals surface area contributed by atoms with E-state index < -0.39 is 5.97 Å². The number of carbonyl (C=O) groups excluding carboxylic acids is 1. The highest BCUT2D eigenvalue weighted by Crippen LogP contribution is 2.20. The Morgan fingerprint density at radius 2 is 1.72 bits per heavy atom. The lowest BCUT2D eigenvalue weighted by Gasteiger charge is -2.12. The average molecular weight is 341 g/mol. The molecule has 0 heterocycles. The second kappa shape index (κ2) is 9.62. The second-order valence-corrected chi connectivity index (χ2v) is 6.34. The molecule has 0 aromatic heterocycles. The molecule has 4 heteroatoms. The van der Waals surface area contributed by atoms with Gasteiger partial charge in [-0.05, 0) is 48.4 Å². The molecular weight excluding hydrogens is 314 g/mol. The fraction of sp³-hybridized carbons (Fsp3) is 0.333. The number of carbonyl (C=O) groups is 2. The van der Waals surface area contributed by atoms with Gasteiger partial charge >= 0.3 is 5.97 Å². The SMILES string of the molecule is CC(CCC(=O)Nc1ccc(CCCC(=O)O)cc1)c1ccccc1.[HH]. The minimum absolute atomic E-state index is 0. The Morgan fingerprint density at radius 1 is 1.04 bits per heavy atom. The van der Waals surface area contributed by atoms with Gasteiger partial charge in [0.15, 0.2) is 0 Å². The molecule has 0 saturated heterocycles. The van der Waals surface area contributed by atoms with Gasteiger partial charge in [-0.3, -0.25) is 9.59 Å². The van der Waals surface area contributed by atoms with Crippen molar-refractivity contribution in [3.63, 3.8) is 0 Å². The van der Waals surface area contributed by atoms with Crippen LogP contribution in [-0.2, 0) is 16.0 Å². The van der Waals surface area contributed by atoms with E-state index in [1.54, 1.807) is 0 Å². The molecule has 0 fully saturated rings. The van der Waals surface area contributed by atoms with Crippen LogP contribution in [0.25, 0.3) is 0 Å². The molecule has 0 radical (unpaired) electrons. The van der Waals surface area contributed by atoms with Gasteiger partial charge in [0, 0.05) is 20.0 Å². The Bertz CT molecular complexity index is 686. The maximum absolute atomic E-state index is 12.1. The minimum Gasteiger partial charge on any atom is -0.481 e. The average Bonchev–Trinajstić information content (AvgIpc) is 2.61. The van der Waals surface area contributed by atoms with E-state index >= 15 is 0 Å². The Morgan fingerprint density at radius 3 is 2.36 bits per heavy atom. The van der Waals surface area contributed by atoms with Gasteiger partial charge in [-0.2, -0.15) is 0 Å². The normalized spacial score (nSPS) is 11.7. The Labute approximate surface area is 150 Å². The molecular formula is C21H27NO3. The Balaban J connectivity index is 0.00000338. The molecule has 0 aliphatic carbocycles. The third-order valence-corrected chi connectivity index (χ3v) is 4.27. The predicted octanol–water partition coefficient (Wildman–Crippen LogP) is 4.86. The maximum atomic E-state index is 12.1. The monoisotopic (exact) mass is 341 g/mol. The third-order valence-electron chi connectivity index (χ3n) is 4.27. The van der Waals surface area contributed by atoms with Gasteiger partial charge in [-0.1, -0.05) is 49.4 Å². The molecule has 0 spiro atoms. The molecule has 25 heavy (non-hydrogen) atoms. The van der Waals surface area contributed by atoms with E-state index in [0.29, 0.717) is 18.8 Å². The van der Waals surface area contributed by atoms with Gasteiger partial charge in [0.2, 0.25) is 5.91 Å². The van der Waals surface area contributed by atoms with Crippen LogP contribution in [0.5, 0.6) is 0 Å². The van der Waals surface area contributed by atoms with Crippen molar-refractivity contribution in [1.29, 1.82) is 0 Å². The van der Waals surface area contributed by atoms with Gasteiger partial charge in [0.05, 0.1) is 0 Å². The van der Waals surface area contributed by atoms with Crippen LogP contribution in [0.2, 0.25) is 0 Å². The number of amides is 1. The van der Waals surface area contributed by atoms with Crippen LogP contribution in [0.1, 0.15) is 51.1 Å². The van der Waals surface area contributed by atoms with Crippen LogP contribution < -0.4 is 5.32 Å². The van der Waals surface area contributed by atoms with Crippen LogP contribution in [0.3, 0.4) is 0 Å². The molecule has 2 aromatic rings. The highest BCUT2D eigenvalue weighted by atomic mass is 16.4. The van der Waals surface area contributed by atoms with Gasteiger partial charge in [-0.15, -0.1) is 0 Å². The second-order valence-electron chi connectivity index (χ2n) is 6.34. The lowest BCUT2D eigenvalue weighted by atomic mass is 9.96. The number of aryl methyl sites for hydroxylation is 1. The number of nitrogens with one attached hydrogen (secondary N) is 1. The number of hydrogen-bond acceptors (Lipinski definition) is 2. The summed E-state index contributed by atoms with van der Waals surface area (Å²) in [6, 6.07) is 17.8. The zero-order valence-electron chi connectivity index (χ0n) is 14.6. The summed E-state index contributed by atoms with van der Waals surface area (Å²) in [7, 11) is 0. The summed E-state index contributed by atoms with van der Waals surface area (Å²) in [5.74, 6) is -0.404. The first-order chi connectivity index (χ1) is 12.0. The number of carboxylic acids is 1. The first-order valence-electron chi connectivity index (χ1n) is 8.70. The number of aliphatic carboxylic acids is 1. The number of carboxylic acid groups (broad SMARTS) is 1. The first kappa shape index (κ1) is 18.7. The Kier molecular flexibility index (Phi) is 7.20. The van der Waals surface area contributed by atoms with Crippen molar-refractivity contribution >= 4 is 17.6 Å². The van der Waals surface area contributed by atoms with E-state index in [0.717, 1.165) is 24.1 Å². The highest BCUT2D eigenvalue weighted by molar-refractivity contribution is 5.90. The van der Waals surface area contributed by atoms with Crippen molar-refractivity contribution in [2.45, 2.75) is 44.9 Å². The fourth-order valence-corrected chi connectivity index (χ4v) is 2.72. The summed E-state index contributed by atoms with van der Waals surface area (Å²) in [6.45, 7) is 2.13. The van der Waals surface area contributed by atoms with Crippen LogP contribution in [-0.4, -0.2) is 17.0 Å². The number of benzene rings is 2. The maximum Gasteiger partial charge on any atom is 0.303 e. The molecule has 2 N–H and O–H groups in total. The van der Waals surface area contributed by atoms with Gasteiger partial charge in [0.1, 0.15) is 0 Å². The van der Waals surface area contributed by atoms with E-state index in [1.807, 2.05) is 42.5 Å². The fourth-order valence-electron chi connectivity index (χ4n) is 2.72. The van der Waals surface area contributed by atoms with E-state index in [9.17, 15) is 9.59 Å². The molecule has 1 atom stereocenters. The highest BCUT2D eigenvalue weighted by Gasteiger charge is 2.09. The smallest absolute Gasteiger partial charge is 0.303 e. The van der Waals surface area contributed by atoms with Gasteiger partial charge < -0.3 is 10.4 Å². The van der Waals surface area contributed by atoms with Crippen molar-refractivity contribution in [1.82, 2.24) is 0 Å². The number of hydrogen-bond donors (Lipinski definition) is 2. The lowest BCUT2D eigenvalue weighted by molar-refractivity contribution is -0.137. The summed E-state index contributed by atoms with van der Waals surface area (Å²) < 4.78 is 0. The summed E-state index contributed by atoms with van der Waals surface area (Å²) in [6.07, 6.45) is 2.82. The zero-order chi connectivity index (χ0) is 18.1. The number of anilines is 1. The van der Waals surface area contributed by atoms with Crippen molar-refractivity contribution < 1.29 is 16.1 Å². The summed E-state index contributed by atoms with van der Waals surface area (Å²) in [4.78, 5) is 22.6. The van der Waals surface area contributed by atoms with Crippen LogP contribution in [0, 0.1) is 0 Å². The van der Waals surface area contributed by atoms with E-state index in [4.69, 9.17) is 5.11 Å². The summed E-state index contributed by atoms with van der Waals surface area (Å²) >= 11 is 0. The Hall–Kier alpha value is -2.62. The quantitative estimate of drug-likeness (QED) is 0.684. The summed E-state index contributed by atoms with van der Waals surface area (Å²) in [5, 5.41) is 11.6. The molecule has 0 aliphatic heterocycles. The van der Waals surface area contributed by atoms with Crippen LogP contribution in [0.15, 0.2) is 54.6 Å². The topological polar surface area (TPSA) is 66.4 Å². The molecule has 1 unspecified atom stereocenters. The molecule has 2 aromatic carbocycles. The standard InChI is InChI=1S/C21H25NO3.H2/c1-16(18-7-3-2-4-8-18)10-15-20(23)22-19-13-11-17(12-14-19)6-5-9-21(24)25;/h2-4,7-8,11-14,16H,5-6,9-10,15H2,1H3,(H,22,23)(H,24,25);1H. The van der Waals surface area contributed by atoms with Crippen molar-refractivity contribution in [2.24, 2.45) is 0 Å². The molecule has 1 amide bonds. The lowest BCUT2D eigenvalue weighted by Crippen LogP contribution is -2.12. The molecule has 2 rings (SSSR count). The third kappa shape index (κ3) is 6.79.